The highest BCUT2D eigenvalue weighted by Crippen LogP contribution is 2.30. The highest BCUT2D eigenvalue weighted by molar-refractivity contribution is 6.20. The van der Waals surface area contributed by atoms with Crippen LogP contribution in [0.15, 0.2) is 12.2 Å². The van der Waals surface area contributed by atoms with Crippen molar-refractivity contribution in [1.29, 1.82) is 0 Å². The fourth-order valence-electron chi connectivity index (χ4n) is 2.12. The van der Waals surface area contributed by atoms with Gasteiger partial charge in [0.05, 0.1) is 6.10 Å². The van der Waals surface area contributed by atoms with Gasteiger partial charge in [-0.2, -0.15) is 0 Å². The minimum atomic E-state index is -0.138. The summed E-state index contributed by atoms with van der Waals surface area (Å²) in [5.41, 5.74) is 0. The molecule has 0 bridgehead atoms. The Bertz CT molecular complexity index is 189. The van der Waals surface area contributed by atoms with E-state index >= 15 is 0 Å². The molecule has 88 valence electrons. The number of rotatable bonds is 6. The minimum Gasteiger partial charge on any atom is -0.393 e. The summed E-state index contributed by atoms with van der Waals surface area (Å²) in [7, 11) is 0. The SMILES string of the molecule is C[C@@H](O)CCCC/C=C/[C@H]1CC[C@@H](Cl)C1. The van der Waals surface area contributed by atoms with Crippen molar-refractivity contribution in [2.45, 2.75) is 63.4 Å². The van der Waals surface area contributed by atoms with Crippen molar-refractivity contribution in [2.24, 2.45) is 5.92 Å². The smallest absolute Gasteiger partial charge is 0.0512 e. The summed E-state index contributed by atoms with van der Waals surface area (Å²) < 4.78 is 0. The number of hydrogen-bond donors (Lipinski definition) is 1. The molecule has 2 heteroatoms. The molecule has 1 nitrogen and oxygen atoms in total. The van der Waals surface area contributed by atoms with Gasteiger partial charge in [0.1, 0.15) is 0 Å². The van der Waals surface area contributed by atoms with E-state index in [9.17, 15) is 0 Å². The van der Waals surface area contributed by atoms with Gasteiger partial charge >= 0.3 is 0 Å². The second-order valence-electron chi connectivity index (χ2n) is 4.73. The molecule has 1 N–H and O–H groups in total. The third-order valence-corrected chi connectivity index (χ3v) is 3.46. The van der Waals surface area contributed by atoms with Gasteiger partial charge in [-0.3, -0.25) is 0 Å². The molecule has 3 atom stereocenters. The van der Waals surface area contributed by atoms with Crippen LogP contribution in [0.3, 0.4) is 0 Å². The molecule has 0 aromatic heterocycles. The third-order valence-electron chi connectivity index (χ3n) is 3.06. The second-order valence-corrected chi connectivity index (χ2v) is 5.35. The first kappa shape index (κ1) is 13.1. The molecule has 15 heavy (non-hydrogen) atoms. The monoisotopic (exact) mass is 230 g/mol. The van der Waals surface area contributed by atoms with E-state index < -0.39 is 0 Å². The predicted molar refractivity (Wildman–Crippen MR) is 66.3 cm³/mol. The van der Waals surface area contributed by atoms with Gasteiger partial charge in [-0.05, 0) is 51.4 Å². The van der Waals surface area contributed by atoms with Crippen molar-refractivity contribution in [1.82, 2.24) is 0 Å². The lowest BCUT2D eigenvalue weighted by Gasteiger charge is -2.03. The zero-order chi connectivity index (χ0) is 11.1. The molecule has 1 rings (SSSR count). The number of halogens is 1. The van der Waals surface area contributed by atoms with Crippen molar-refractivity contribution >= 4 is 11.6 Å². The molecule has 0 unspecified atom stereocenters. The molecule has 1 fully saturated rings. The fraction of sp³-hybridized carbons (Fsp3) is 0.846. The Hall–Kier alpha value is -0.0100. The molecule has 1 saturated carbocycles. The molecular weight excluding hydrogens is 208 g/mol. The van der Waals surface area contributed by atoms with E-state index in [1.54, 1.807) is 0 Å². The van der Waals surface area contributed by atoms with E-state index in [0.717, 1.165) is 31.6 Å². The molecule has 0 aromatic carbocycles. The highest BCUT2D eigenvalue weighted by atomic mass is 35.5. The number of aliphatic hydroxyl groups is 1. The van der Waals surface area contributed by atoms with Gasteiger partial charge in [-0.1, -0.05) is 18.6 Å². The van der Waals surface area contributed by atoms with E-state index in [-0.39, 0.29) is 6.10 Å². The zero-order valence-electron chi connectivity index (χ0n) is 9.66. The van der Waals surface area contributed by atoms with E-state index in [1.807, 2.05) is 6.92 Å². The maximum atomic E-state index is 9.08. The van der Waals surface area contributed by atoms with Crippen LogP contribution in [-0.2, 0) is 0 Å². The number of allylic oxidation sites excluding steroid dienone is 2. The first-order valence-electron chi connectivity index (χ1n) is 6.17. The van der Waals surface area contributed by atoms with Crippen LogP contribution in [0.5, 0.6) is 0 Å². The molecular formula is C13H23ClO. The highest BCUT2D eigenvalue weighted by Gasteiger charge is 2.19. The van der Waals surface area contributed by atoms with Gasteiger partial charge < -0.3 is 5.11 Å². The van der Waals surface area contributed by atoms with Crippen LogP contribution in [0.25, 0.3) is 0 Å². The van der Waals surface area contributed by atoms with Gasteiger partial charge in [0.2, 0.25) is 0 Å². The summed E-state index contributed by atoms with van der Waals surface area (Å²) in [4.78, 5) is 0. The Labute approximate surface area is 98.5 Å². The maximum Gasteiger partial charge on any atom is 0.0512 e. The Morgan fingerprint density at radius 1 is 1.40 bits per heavy atom. The van der Waals surface area contributed by atoms with E-state index in [1.165, 1.54) is 19.3 Å². The van der Waals surface area contributed by atoms with Crippen molar-refractivity contribution in [3.8, 4) is 0 Å². The lowest BCUT2D eigenvalue weighted by molar-refractivity contribution is 0.181. The Balaban J connectivity index is 1.97. The normalized spacial score (nSPS) is 28.7. The molecule has 0 aromatic rings. The summed E-state index contributed by atoms with van der Waals surface area (Å²) in [6.45, 7) is 1.86. The number of unbranched alkanes of at least 4 members (excludes halogenated alkanes) is 2. The average Bonchev–Trinajstić information content (AvgIpc) is 2.57. The Morgan fingerprint density at radius 3 is 2.80 bits per heavy atom. The van der Waals surface area contributed by atoms with E-state index in [4.69, 9.17) is 16.7 Å². The van der Waals surface area contributed by atoms with Crippen LogP contribution in [0, 0.1) is 5.92 Å². The van der Waals surface area contributed by atoms with Gasteiger partial charge in [0.15, 0.2) is 0 Å². The first-order chi connectivity index (χ1) is 7.18. The van der Waals surface area contributed by atoms with Crippen LogP contribution in [-0.4, -0.2) is 16.6 Å². The quantitative estimate of drug-likeness (QED) is 0.417. The maximum absolute atomic E-state index is 9.08. The Kier molecular flexibility index (Phi) is 6.35. The lowest BCUT2D eigenvalue weighted by Crippen LogP contribution is -1.97. The standard InChI is InChI=1S/C13H23ClO/c1-11(15)6-4-2-3-5-7-12-8-9-13(14)10-12/h5,7,11-13,15H,2-4,6,8-10H2,1H3/b7-5+/t11-,12+,13-/m1/s1. The third kappa shape index (κ3) is 6.21. The van der Waals surface area contributed by atoms with Crippen molar-refractivity contribution in [2.75, 3.05) is 0 Å². The average molecular weight is 231 g/mol. The van der Waals surface area contributed by atoms with Crippen molar-refractivity contribution < 1.29 is 5.11 Å². The van der Waals surface area contributed by atoms with Crippen LogP contribution in [0.1, 0.15) is 51.9 Å². The van der Waals surface area contributed by atoms with Gasteiger partial charge in [0, 0.05) is 5.38 Å². The topological polar surface area (TPSA) is 20.2 Å². The van der Waals surface area contributed by atoms with Crippen molar-refractivity contribution in [3.05, 3.63) is 12.2 Å². The summed E-state index contributed by atoms with van der Waals surface area (Å²) in [6, 6.07) is 0. The minimum absolute atomic E-state index is 0.138. The summed E-state index contributed by atoms with van der Waals surface area (Å²) in [5, 5.41) is 9.49. The molecule has 0 radical (unpaired) electrons. The molecule has 0 aliphatic heterocycles. The van der Waals surface area contributed by atoms with Gasteiger partial charge in [-0.25, -0.2) is 0 Å². The second kappa shape index (κ2) is 7.29. The lowest BCUT2D eigenvalue weighted by atomic mass is 10.1. The van der Waals surface area contributed by atoms with Gasteiger partial charge in [0.25, 0.3) is 0 Å². The number of hydrogen-bond acceptors (Lipinski definition) is 1. The van der Waals surface area contributed by atoms with E-state index in [0.29, 0.717) is 5.38 Å². The fourth-order valence-corrected chi connectivity index (χ4v) is 2.48. The van der Waals surface area contributed by atoms with Crippen molar-refractivity contribution in [3.63, 3.8) is 0 Å². The molecule has 1 aliphatic rings. The summed E-state index contributed by atoms with van der Waals surface area (Å²) in [6.07, 6.45) is 12.5. The predicted octanol–water partition coefficient (Wildman–Crippen LogP) is 3.89. The molecule has 0 heterocycles. The van der Waals surface area contributed by atoms with E-state index in [2.05, 4.69) is 12.2 Å². The van der Waals surface area contributed by atoms with Crippen LogP contribution in [0.2, 0.25) is 0 Å². The molecule has 0 spiro atoms. The number of alkyl halides is 1. The van der Waals surface area contributed by atoms with Crippen LogP contribution >= 0.6 is 11.6 Å². The molecule has 1 aliphatic carbocycles. The molecule has 0 amide bonds. The van der Waals surface area contributed by atoms with Crippen LogP contribution < -0.4 is 0 Å². The zero-order valence-corrected chi connectivity index (χ0v) is 10.4. The summed E-state index contributed by atoms with van der Waals surface area (Å²) >= 11 is 6.04. The van der Waals surface area contributed by atoms with Crippen LogP contribution in [0.4, 0.5) is 0 Å². The molecule has 0 saturated heterocycles. The Morgan fingerprint density at radius 2 is 2.20 bits per heavy atom. The first-order valence-corrected chi connectivity index (χ1v) is 6.61. The number of aliphatic hydroxyl groups excluding tert-OH is 1. The largest absolute Gasteiger partial charge is 0.393 e. The summed E-state index contributed by atoms with van der Waals surface area (Å²) in [5.74, 6) is 0.726. The van der Waals surface area contributed by atoms with Gasteiger partial charge in [-0.15, -0.1) is 11.6 Å².